The van der Waals surface area contributed by atoms with Gasteiger partial charge in [0.05, 0.1) is 23.4 Å². The van der Waals surface area contributed by atoms with E-state index in [0.717, 1.165) is 45.2 Å². The highest BCUT2D eigenvalue weighted by molar-refractivity contribution is 5.97. The number of carbonyl (C=O) groups is 1. The van der Waals surface area contributed by atoms with Gasteiger partial charge in [0.25, 0.3) is 5.91 Å². The molecule has 1 aromatic heterocycles. The molecule has 0 aliphatic carbocycles. The van der Waals surface area contributed by atoms with Crippen molar-refractivity contribution in [2.75, 3.05) is 33.4 Å². The number of benzene rings is 1. The molecule has 0 saturated carbocycles. The van der Waals surface area contributed by atoms with Crippen molar-refractivity contribution in [2.24, 2.45) is 0 Å². The second kappa shape index (κ2) is 10.9. The van der Waals surface area contributed by atoms with E-state index in [1.165, 1.54) is 6.07 Å². The Kier molecular flexibility index (Phi) is 7.71. The Morgan fingerprint density at radius 3 is 2.81 bits per heavy atom. The van der Waals surface area contributed by atoms with Crippen LogP contribution in [0.25, 0.3) is 0 Å². The Balaban J connectivity index is 1.56. The van der Waals surface area contributed by atoms with Crippen LogP contribution in [0.2, 0.25) is 0 Å². The second-order valence-corrected chi connectivity index (χ2v) is 8.53. The third kappa shape index (κ3) is 5.27. The molecule has 1 saturated heterocycles. The summed E-state index contributed by atoms with van der Waals surface area (Å²) in [6, 6.07) is 10.6. The topological polar surface area (TPSA) is 54.9 Å². The van der Waals surface area contributed by atoms with Gasteiger partial charge in [0.1, 0.15) is 18.2 Å². The minimum atomic E-state index is -0.284. The lowest BCUT2D eigenvalue weighted by molar-refractivity contribution is -0.0155. The monoisotopic (exact) mass is 441 g/mol. The van der Waals surface area contributed by atoms with Gasteiger partial charge in [0.15, 0.2) is 0 Å². The molecule has 4 rings (SSSR count). The van der Waals surface area contributed by atoms with Crippen LogP contribution in [0.15, 0.2) is 42.6 Å². The average Bonchev–Trinajstić information content (AvgIpc) is 2.83. The molecule has 172 valence electrons. The summed E-state index contributed by atoms with van der Waals surface area (Å²) in [5.74, 6) is 0.325. The van der Waals surface area contributed by atoms with Crippen LogP contribution in [-0.4, -0.2) is 66.2 Å². The molecule has 2 atom stereocenters. The number of amides is 1. The molecule has 0 unspecified atom stereocenters. The molecule has 32 heavy (non-hydrogen) atoms. The first-order chi connectivity index (χ1) is 15.7. The molecule has 1 amide bonds. The Morgan fingerprint density at radius 2 is 1.97 bits per heavy atom. The Hall–Kier alpha value is -2.51. The fourth-order valence-corrected chi connectivity index (χ4v) is 4.80. The van der Waals surface area contributed by atoms with Crippen molar-refractivity contribution < 1.29 is 18.7 Å². The Bertz CT molecular complexity index is 910. The molecular formula is C25H32FN3O3. The zero-order chi connectivity index (χ0) is 22.3. The average molecular weight is 442 g/mol. The van der Waals surface area contributed by atoms with Crippen LogP contribution in [0, 0.1) is 5.82 Å². The fraction of sp³-hybridized carbons (Fsp3) is 0.520. The van der Waals surface area contributed by atoms with E-state index in [1.807, 2.05) is 29.2 Å². The third-order valence-electron chi connectivity index (χ3n) is 6.50. The molecule has 1 fully saturated rings. The van der Waals surface area contributed by atoms with Crippen molar-refractivity contribution in [2.45, 2.75) is 50.8 Å². The van der Waals surface area contributed by atoms with Crippen molar-refractivity contribution in [3.05, 3.63) is 59.7 Å². The number of hydrogen-bond acceptors (Lipinski definition) is 5. The fourth-order valence-electron chi connectivity index (χ4n) is 4.80. The van der Waals surface area contributed by atoms with Crippen molar-refractivity contribution in [1.82, 2.24) is 14.8 Å². The molecule has 3 heterocycles. The van der Waals surface area contributed by atoms with E-state index >= 15 is 0 Å². The predicted molar refractivity (Wildman–Crippen MR) is 120 cm³/mol. The number of aromatic nitrogens is 1. The van der Waals surface area contributed by atoms with Crippen LogP contribution in [0.1, 0.15) is 48.2 Å². The molecule has 2 aromatic rings. The minimum absolute atomic E-state index is 0.0130. The number of hydrogen-bond donors (Lipinski definition) is 0. The molecule has 2 aliphatic heterocycles. The molecule has 1 aromatic carbocycles. The number of rotatable bonds is 3. The zero-order valence-corrected chi connectivity index (χ0v) is 18.7. The lowest BCUT2D eigenvalue weighted by Crippen LogP contribution is -2.51. The quantitative estimate of drug-likeness (QED) is 0.723. The second-order valence-electron chi connectivity index (χ2n) is 8.53. The normalized spacial score (nSPS) is 23.2. The lowest BCUT2D eigenvalue weighted by atomic mass is 9.93. The first-order valence-electron chi connectivity index (χ1n) is 11.5. The van der Waals surface area contributed by atoms with Crippen molar-refractivity contribution >= 4 is 5.91 Å². The van der Waals surface area contributed by atoms with Crippen molar-refractivity contribution in [1.29, 1.82) is 0 Å². The maximum Gasteiger partial charge on any atom is 0.257 e. The number of pyridine rings is 1. The summed E-state index contributed by atoms with van der Waals surface area (Å²) < 4.78 is 26.0. The molecule has 0 radical (unpaired) electrons. The van der Waals surface area contributed by atoms with Crippen LogP contribution in [0.3, 0.4) is 0 Å². The van der Waals surface area contributed by atoms with E-state index in [0.29, 0.717) is 36.7 Å². The van der Waals surface area contributed by atoms with E-state index in [4.69, 9.17) is 9.47 Å². The van der Waals surface area contributed by atoms with E-state index in [9.17, 15) is 9.18 Å². The van der Waals surface area contributed by atoms with Gasteiger partial charge in [0.2, 0.25) is 0 Å². The molecule has 2 aliphatic rings. The smallest absolute Gasteiger partial charge is 0.257 e. The molecule has 0 spiro atoms. The standard InChI is InChI=1S/C25H32FN3O3/c1-31-24-12-7-15-29-22(24)10-4-5-14-28(18-21-20(26)9-6-13-27-21)16-17-32-23-11-3-2-8-19(23)25(29)30/h2-3,6,8-9,11,13,22,24H,4-5,7,10,12,14-18H2,1H3/t22-,24-/m0/s1. The maximum absolute atomic E-state index is 14.2. The van der Waals surface area contributed by atoms with Gasteiger partial charge in [0, 0.05) is 32.9 Å². The number of para-hydroxylation sites is 1. The first-order valence-corrected chi connectivity index (χ1v) is 11.5. The van der Waals surface area contributed by atoms with Crippen molar-refractivity contribution in [3.8, 4) is 5.75 Å². The highest BCUT2D eigenvalue weighted by Gasteiger charge is 2.35. The molecule has 7 heteroatoms. The van der Waals surface area contributed by atoms with Gasteiger partial charge in [-0.2, -0.15) is 0 Å². The molecule has 6 nitrogen and oxygen atoms in total. The van der Waals surface area contributed by atoms with E-state index in [-0.39, 0.29) is 23.9 Å². The van der Waals surface area contributed by atoms with Gasteiger partial charge in [-0.3, -0.25) is 14.7 Å². The van der Waals surface area contributed by atoms with Crippen LogP contribution >= 0.6 is 0 Å². The highest BCUT2D eigenvalue weighted by atomic mass is 19.1. The summed E-state index contributed by atoms with van der Waals surface area (Å²) in [6.07, 6.45) is 6.39. The van der Waals surface area contributed by atoms with Gasteiger partial charge in [-0.1, -0.05) is 18.6 Å². The lowest BCUT2D eigenvalue weighted by Gasteiger charge is -2.41. The number of nitrogens with zero attached hydrogens (tertiary/aromatic N) is 3. The number of methoxy groups -OCH3 is 1. The number of piperidine rings is 1. The number of carbonyl (C=O) groups excluding carboxylic acids is 1. The van der Waals surface area contributed by atoms with Crippen LogP contribution in [-0.2, 0) is 11.3 Å². The summed E-state index contributed by atoms with van der Waals surface area (Å²) in [6.45, 7) is 3.05. The summed E-state index contributed by atoms with van der Waals surface area (Å²) in [5.41, 5.74) is 1.04. The Labute approximate surface area is 189 Å². The van der Waals surface area contributed by atoms with Gasteiger partial charge in [-0.05, 0) is 56.5 Å². The first kappa shape index (κ1) is 22.7. The predicted octanol–water partition coefficient (Wildman–Crippen LogP) is 3.91. The molecule has 0 N–H and O–H groups in total. The zero-order valence-electron chi connectivity index (χ0n) is 18.7. The summed E-state index contributed by atoms with van der Waals surface area (Å²) in [7, 11) is 1.74. The van der Waals surface area contributed by atoms with Crippen molar-refractivity contribution in [3.63, 3.8) is 0 Å². The highest BCUT2D eigenvalue weighted by Crippen LogP contribution is 2.29. The molecular weight excluding hydrogens is 409 g/mol. The Morgan fingerprint density at radius 1 is 1.09 bits per heavy atom. The summed E-state index contributed by atoms with van der Waals surface area (Å²) >= 11 is 0. The van der Waals surface area contributed by atoms with Gasteiger partial charge in [-0.25, -0.2) is 4.39 Å². The largest absolute Gasteiger partial charge is 0.491 e. The van der Waals surface area contributed by atoms with E-state index in [1.54, 1.807) is 19.4 Å². The molecule has 0 bridgehead atoms. The van der Waals surface area contributed by atoms with Crippen LogP contribution in [0.5, 0.6) is 5.75 Å². The SMILES string of the molecule is CO[C@H]1CCCN2C(=O)c3ccccc3OCCN(Cc3ncccc3F)CCCC[C@@H]12. The van der Waals surface area contributed by atoms with Crippen LogP contribution < -0.4 is 4.74 Å². The maximum atomic E-state index is 14.2. The third-order valence-corrected chi connectivity index (χ3v) is 6.50. The number of ether oxygens (including phenoxy) is 2. The van der Waals surface area contributed by atoms with Gasteiger partial charge >= 0.3 is 0 Å². The van der Waals surface area contributed by atoms with Gasteiger partial charge in [-0.15, -0.1) is 0 Å². The van der Waals surface area contributed by atoms with E-state index in [2.05, 4.69) is 9.88 Å². The van der Waals surface area contributed by atoms with Gasteiger partial charge < -0.3 is 14.4 Å². The summed E-state index contributed by atoms with van der Waals surface area (Å²) in [5, 5.41) is 0. The minimum Gasteiger partial charge on any atom is -0.491 e. The number of halogens is 1. The van der Waals surface area contributed by atoms with Crippen LogP contribution in [0.4, 0.5) is 4.39 Å². The summed E-state index contributed by atoms with van der Waals surface area (Å²) in [4.78, 5) is 21.9. The number of fused-ring (bicyclic) bond motifs is 2. The van der Waals surface area contributed by atoms with E-state index < -0.39 is 0 Å².